The smallest absolute Gasteiger partial charge is 0.341 e. The lowest BCUT2D eigenvalue weighted by molar-refractivity contribution is -0.151. The van der Waals surface area contributed by atoms with Crippen molar-refractivity contribution in [2.45, 2.75) is 39.0 Å². The molecule has 0 unspecified atom stereocenters. The summed E-state index contributed by atoms with van der Waals surface area (Å²) in [4.78, 5) is 38.5. The van der Waals surface area contributed by atoms with Gasteiger partial charge < -0.3 is 15.2 Å². The number of thiophene rings is 1. The van der Waals surface area contributed by atoms with Crippen LogP contribution in [0.2, 0.25) is 0 Å². The Labute approximate surface area is 161 Å². The molecule has 7 heteroatoms. The average molecular weight is 389 g/mol. The number of aliphatic carboxylic acids is 1. The number of allylic oxidation sites excluding steroid dienone is 2. The van der Waals surface area contributed by atoms with E-state index in [1.807, 2.05) is 12.2 Å². The first-order valence-corrected chi connectivity index (χ1v) is 10.4. The zero-order valence-electron chi connectivity index (χ0n) is 15.2. The van der Waals surface area contributed by atoms with Crippen LogP contribution < -0.4 is 5.32 Å². The van der Waals surface area contributed by atoms with Gasteiger partial charge in [0.2, 0.25) is 5.91 Å². The summed E-state index contributed by atoms with van der Waals surface area (Å²) in [5.41, 5.74) is 1.44. The van der Waals surface area contributed by atoms with Crippen molar-refractivity contribution in [3.05, 3.63) is 28.2 Å². The maximum atomic E-state index is 13.1. The highest BCUT2D eigenvalue weighted by Crippen LogP contribution is 2.46. The van der Waals surface area contributed by atoms with Crippen molar-refractivity contribution in [3.63, 3.8) is 0 Å². The topological polar surface area (TPSA) is 92.7 Å². The van der Waals surface area contributed by atoms with Gasteiger partial charge in [-0.05, 0) is 56.4 Å². The molecule has 0 aliphatic heterocycles. The third kappa shape index (κ3) is 3.08. The van der Waals surface area contributed by atoms with E-state index in [1.54, 1.807) is 6.92 Å². The zero-order chi connectivity index (χ0) is 19.1. The molecule has 0 spiro atoms. The van der Waals surface area contributed by atoms with E-state index < -0.39 is 23.8 Å². The van der Waals surface area contributed by atoms with Crippen LogP contribution in [0.1, 0.15) is 47.0 Å². The number of carboxylic acids is 1. The lowest BCUT2D eigenvalue weighted by Gasteiger charge is -2.41. The van der Waals surface area contributed by atoms with E-state index in [9.17, 15) is 19.5 Å². The van der Waals surface area contributed by atoms with E-state index in [0.29, 0.717) is 10.6 Å². The molecule has 0 aromatic carbocycles. The van der Waals surface area contributed by atoms with Crippen molar-refractivity contribution in [2.75, 3.05) is 11.9 Å². The second kappa shape index (κ2) is 7.11. The minimum Gasteiger partial charge on any atom is -0.481 e. The van der Waals surface area contributed by atoms with Crippen molar-refractivity contribution >= 4 is 34.2 Å². The van der Waals surface area contributed by atoms with Gasteiger partial charge in [0.1, 0.15) is 5.00 Å². The van der Waals surface area contributed by atoms with E-state index in [-0.39, 0.29) is 24.3 Å². The highest BCUT2D eigenvalue weighted by molar-refractivity contribution is 7.17. The summed E-state index contributed by atoms with van der Waals surface area (Å²) in [6.45, 7) is 2.03. The number of hydrogen-bond acceptors (Lipinski definition) is 5. The molecule has 5 rings (SSSR count). The lowest BCUT2D eigenvalue weighted by atomic mass is 9.62. The number of carboxylic acid groups (broad SMARTS) is 1. The van der Waals surface area contributed by atoms with Crippen molar-refractivity contribution in [1.29, 1.82) is 0 Å². The molecule has 0 radical (unpaired) electrons. The molecule has 1 aromatic rings. The van der Waals surface area contributed by atoms with Gasteiger partial charge in [-0.25, -0.2) is 4.79 Å². The molecule has 1 aromatic heterocycles. The summed E-state index contributed by atoms with van der Waals surface area (Å²) in [5.74, 6) is -3.09. The molecule has 4 atom stereocenters. The summed E-state index contributed by atoms with van der Waals surface area (Å²) in [6, 6.07) is 0. The van der Waals surface area contributed by atoms with Gasteiger partial charge >= 0.3 is 11.9 Å². The minimum atomic E-state index is -0.923. The molecule has 27 heavy (non-hydrogen) atoms. The molecule has 4 aliphatic carbocycles. The summed E-state index contributed by atoms with van der Waals surface area (Å²) in [7, 11) is 0. The molecule has 1 saturated carbocycles. The van der Waals surface area contributed by atoms with Crippen molar-refractivity contribution < 1.29 is 24.2 Å². The second-order valence-corrected chi connectivity index (χ2v) is 8.56. The number of fused-ring (bicyclic) bond motifs is 3. The van der Waals surface area contributed by atoms with Gasteiger partial charge in [0.25, 0.3) is 0 Å². The van der Waals surface area contributed by atoms with Crippen molar-refractivity contribution in [1.82, 2.24) is 0 Å². The molecule has 0 saturated heterocycles. The first kappa shape index (κ1) is 18.2. The van der Waals surface area contributed by atoms with Gasteiger partial charge in [-0.1, -0.05) is 12.2 Å². The fraction of sp³-hybridized carbons (Fsp3) is 0.550. The molecule has 2 N–H and O–H groups in total. The monoisotopic (exact) mass is 389 g/mol. The van der Waals surface area contributed by atoms with E-state index in [4.69, 9.17) is 4.74 Å². The van der Waals surface area contributed by atoms with Gasteiger partial charge in [-0.3, -0.25) is 9.59 Å². The van der Waals surface area contributed by atoms with E-state index >= 15 is 0 Å². The Morgan fingerprint density at radius 2 is 1.89 bits per heavy atom. The number of hydrogen-bond donors (Lipinski definition) is 2. The number of carbonyl (C=O) groups excluding carboxylic acids is 2. The van der Waals surface area contributed by atoms with Crippen LogP contribution in [0.5, 0.6) is 0 Å². The first-order valence-electron chi connectivity index (χ1n) is 9.55. The van der Waals surface area contributed by atoms with E-state index in [0.717, 1.165) is 42.5 Å². The van der Waals surface area contributed by atoms with Crippen LogP contribution in [0.15, 0.2) is 12.2 Å². The van der Waals surface area contributed by atoms with Gasteiger partial charge in [0, 0.05) is 4.88 Å². The third-order valence-electron chi connectivity index (χ3n) is 5.97. The Bertz CT molecular complexity index is 827. The molecule has 4 aliphatic rings. The fourth-order valence-electron chi connectivity index (χ4n) is 4.79. The minimum absolute atomic E-state index is 0.0612. The largest absolute Gasteiger partial charge is 0.481 e. The zero-order valence-corrected chi connectivity index (χ0v) is 16.0. The van der Waals surface area contributed by atoms with Gasteiger partial charge in [0.05, 0.1) is 24.0 Å². The van der Waals surface area contributed by atoms with Crippen LogP contribution in [0.4, 0.5) is 5.00 Å². The van der Waals surface area contributed by atoms with E-state index in [2.05, 4.69) is 5.32 Å². The molecule has 1 amide bonds. The highest BCUT2D eigenvalue weighted by Gasteiger charge is 2.48. The Morgan fingerprint density at radius 1 is 1.19 bits per heavy atom. The van der Waals surface area contributed by atoms with E-state index in [1.165, 1.54) is 11.3 Å². The van der Waals surface area contributed by atoms with Crippen molar-refractivity contribution in [3.8, 4) is 0 Å². The average Bonchev–Trinajstić information content (AvgIpc) is 3.22. The van der Waals surface area contributed by atoms with Gasteiger partial charge in [-0.15, -0.1) is 11.3 Å². The Balaban J connectivity index is 1.63. The predicted molar refractivity (Wildman–Crippen MR) is 101 cm³/mol. The van der Waals surface area contributed by atoms with Crippen LogP contribution in [0.25, 0.3) is 0 Å². The summed E-state index contributed by atoms with van der Waals surface area (Å²) in [6.07, 6.45) is 8.28. The number of rotatable bonds is 5. The number of anilines is 1. The van der Waals surface area contributed by atoms with Crippen LogP contribution in [-0.4, -0.2) is 29.6 Å². The Morgan fingerprint density at radius 3 is 2.52 bits per heavy atom. The molecular weight excluding hydrogens is 366 g/mol. The molecule has 1 fully saturated rings. The van der Waals surface area contributed by atoms with Crippen LogP contribution >= 0.6 is 11.3 Å². The van der Waals surface area contributed by atoms with Crippen LogP contribution in [-0.2, 0) is 27.2 Å². The summed E-state index contributed by atoms with van der Waals surface area (Å²) in [5, 5.41) is 13.1. The number of carbonyl (C=O) groups is 3. The van der Waals surface area contributed by atoms with Crippen LogP contribution in [0, 0.1) is 23.7 Å². The summed E-state index contributed by atoms with van der Waals surface area (Å²) < 4.78 is 5.20. The lowest BCUT2D eigenvalue weighted by Crippen LogP contribution is -2.47. The number of amides is 1. The molecule has 6 nitrogen and oxygen atoms in total. The molecule has 144 valence electrons. The second-order valence-electron chi connectivity index (χ2n) is 7.45. The Hall–Kier alpha value is -2.15. The van der Waals surface area contributed by atoms with Crippen molar-refractivity contribution in [2.24, 2.45) is 23.7 Å². The number of ether oxygens (including phenoxy) is 1. The normalized spacial score (nSPS) is 28.0. The maximum Gasteiger partial charge on any atom is 0.341 e. The fourth-order valence-corrected chi connectivity index (χ4v) is 6.08. The highest BCUT2D eigenvalue weighted by atomic mass is 32.1. The quantitative estimate of drug-likeness (QED) is 0.596. The third-order valence-corrected chi connectivity index (χ3v) is 7.18. The van der Waals surface area contributed by atoms with Gasteiger partial charge in [-0.2, -0.15) is 0 Å². The Kier molecular flexibility index (Phi) is 4.80. The molecule has 1 heterocycles. The predicted octanol–water partition coefficient (Wildman–Crippen LogP) is 3.27. The SMILES string of the molecule is CCOC(=O)c1c(NC(=O)[C@H]2[C@@H](C(=O)O)[C@H]3C=C[C@H]2CC3)sc2c1CCC2. The van der Waals surface area contributed by atoms with Crippen LogP contribution in [0.3, 0.4) is 0 Å². The maximum absolute atomic E-state index is 13.1. The molecular formula is C20H23NO5S. The summed E-state index contributed by atoms with van der Waals surface area (Å²) >= 11 is 1.43. The molecule has 2 bridgehead atoms. The number of aryl methyl sites for hydroxylation is 1. The van der Waals surface area contributed by atoms with Gasteiger partial charge in [0.15, 0.2) is 0 Å². The standard InChI is InChI=1S/C20H23NO5S/c1-2-26-20(25)16-12-4-3-5-13(12)27-18(16)21-17(22)14-10-6-8-11(9-7-10)15(14)19(23)24/h6,8,10-11,14-15H,2-5,7,9H2,1H3,(H,21,22)(H,23,24)/t10-,11-,14+,15-/m0/s1. The number of esters is 1. The first-order chi connectivity index (χ1) is 13.0. The number of nitrogens with one attached hydrogen (secondary N) is 1.